The number of hydrogen-bond donors (Lipinski definition) is 4. The number of carbonyl (C=O) groups is 1. The number of nitrogens with one attached hydrogen (secondary N) is 2. The number of carboxylic acid groups (broad SMARTS) is 1. The molecule has 0 bridgehead atoms. The van der Waals surface area contributed by atoms with Gasteiger partial charge in [0.25, 0.3) is 5.56 Å². The maximum atomic E-state index is 12.5. The van der Waals surface area contributed by atoms with E-state index in [0.717, 1.165) is 5.56 Å². The predicted octanol–water partition coefficient (Wildman–Crippen LogP) is 2.61. The molecule has 0 spiro atoms. The lowest BCUT2D eigenvalue weighted by Gasteiger charge is -2.31. The normalized spacial score (nSPS) is 14.6. The van der Waals surface area contributed by atoms with Crippen molar-refractivity contribution in [3.8, 4) is 22.9 Å². The average Bonchev–Trinajstić information content (AvgIpc) is 2.76. The van der Waals surface area contributed by atoms with E-state index in [0.29, 0.717) is 67.7 Å². The molecule has 180 valence electrons. The third-order valence-corrected chi connectivity index (χ3v) is 5.71. The van der Waals surface area contributed by atoms with Gasteiger partial charge >= 0.3 is 5.97 Å². The zero-order valence-corrected chi connectivity index (χ0v) is 19.4. The van der Waals surface area contributed by atoms with Crippen molar-refractivity contribution < 1.29 is 29.2 Å². The average molecular weight is 462 g/mol. The van der Waals surface area contributed by atoms with Crippen molar-refractivity contribution in [1.82, 2.24) is 9.97 Å². The Morgan fingerprint density at radius 3 is 2.64 bits per heavy atom. The predicted molar refractivity (Wildman–Crippen MR) is 123 cm³/mol. The molecule has 0 amide bonds. The molecule has 0 aromatic carbocycles. The van der Waals surface area contributed by atoms with Crippen LogP contribution in [-0.2, 0) is 15.9 Å². The van der Waals surface area contributed by atoms with Crippen molar-refractivity contribution >= 4 is 11.8 Å². The van der Waals surface area contributed by atoms with Crippen molar-refractivity contribution in [2.75, 3.05) is 45.9 Å². The van der Waals surface area contributed by atoms with Gasteiger partial charge in [-0.2, -0.15) is 0 Å². The van der Waals surface area contributed by atoms with Crippen LogP contribution >= 0.6 is 0 Å². The molecule has 3 rings (SSSR count). The first kappa shape index (κ1) is 24.5. The molecule has 0 saturated heterocycles. The molecule has 2 aromatic heterocycles. The quantitative estimate of drug-likeness (QED) is 0.371. The van der Waals surface area contributed by atoms with Gasteiger partial charge in [-0.1, -0.05) is 13.8 Å². The van der Waals surface area contributed by atoms with E-state index in [4.69, 9.17) is 19.2 Å². The van der Waals surface area contributed by atoms with E-state index in [2.05, 4.69) is 10.3 Å². The number of pyridine rings is 2. The Balaban J connectivity index is 2.15. The fourth-order valence-electron chi connectivity index (χ4n) is 4.06. The number of aromatic hydroxyl groups is 1. The highest BCUT2D eigenvalue weighted by Gasteiger charge is 2.35. The van der Waals surface area contributed by atoms with Crippen LogP contribution in [0.15, 0.2) is 10.9 Å². The Bertz CT molecular complexity index is 1060. The first-order chi connectivity index (χ1) is 15.8. The zero-order chi connectivity index (χ0) is 24.1. The molecular weight excluding hydrogens is 430 g/mol. The largest absolute Gasteiger partial charge is 0.506 e. The number of rotatable bonds is 11. The van der Waals surface area contributed by atoms with Gasteiger partial charge in [0.05, 0.1) is 24.6 Å². The fraction of sp³-hybridized carbons (Fsp3) is 0.522. The van der Waals surface area contributed by atoms with Crippen LogP contribution in [0.5, 0.6) is 11.5 Å². The minimum atomic E-state index is -1.47. The molecule has 1 atom stereocenters. The lowest BCUT2D eigenvalue weighted by Crippen LogP contribution is -2.26. The second kappa shape index (κ2) is 10.7. The summed E-state index contributed by atoms with van der Waals surface area (Å²) in [5.74, 6) is -1.07. The van der Waals surface area contributed by atoms with Gasteiger partial charge in [0.2, 0.25) is 0 Å². The molecule has 0 saturated carbocycles. The minimum Gasteiger partial charge on any atom is -0.506 e. The maximum Gasteiger partial charge on any atom is 0.345 e. The Hall–Kier alpha value is -3.11. The number of aromatic amines is 1. The number of anilines is 1. The maximum absolute atomic E-state index is 12.5. The number of H-pyrrole nitrogens is 1. The van der Waals surface area contributed by atoms with Gasteiger partial charge in [-0.3, -0.25) is 4.79 Å². The first-order valence-electron chi connectivity index (χ1n) is 10.9. The van der Waals surface area contributed by atoms with E-state index in [1.54, 1.807) is 14.2 Å². The third-order valence-electron chi connectivity index (χ3n) is 5.71. The van der Waals surface area contributed by atoms with Crippen LogP contribution in [0.1, 0.15) is 47.7 Å². The summed E-state index contributed by atoms with van der Waals surface area (Å²) < 4.78 is 16.2. The van der Waals surface area contributed by atoms with Crippen molar-refractivity contribution in [2.45, 2.75) is 32.6 Å². The van der Waals surface area contributed by atoms with E-state index in [1.807, 2.05) is 19.9 Å². The molecule has 33 heavy (non-hydrogen) atoms. The van der Waals surface area contributed by atoms with Crippen molar-refractivity contribution in [1.29, 1.82) is 0 Å². The van der Waals surface area contributed by atoms with Crippen LogP contribution in [0.4, 0.5) is 5.82 Å². The Labute approximate surface area is 191 Å². The number of fused-ring (bicyclic) bond motifs is 3. The van der Waals surface area contributed by atoms with Crippen LogP contribution in [0.2, 0.25) is 0 Å². The molecule has 0 radical (unpaired) electrons. The Morgan fingerprint density at radius 2 is 2.00 bits per heavy atom. The highest BCUT2D eigenvalue weighted by Crippen LogP contribution is 2.46. The SMILES string of the molecule is COCCCOc1cc2c(nc1NCCOC)-c1[nH]c(=O)c(C(=O)O)c(O)c1C(C(C)C)C2. The second-order valence-electron chi connectivity index (χ2n) is 8.28. The molecule has 1 aliphatic carbocycles. The van der Waals surface area contributed by atoms with Crippen LogP contribution in [-0.4, -0.2) is 66.7 Å². The third kappa shape index (κ3) is 5.12. The summed E-state index contributed by atoms with van der Waals surface area (Å²) in [6, 6.07) is 1.89. The van der Waals surface area contributed by atoms with Gasteiger partial charge in [-0.15, -0.1) is 0 Å². The Kier molecular flexibility index (Phi) is 7.93. The molecule has 10 nitrogen and oxygen atoms in total. The molecule has 2 aromatic rings. The zero-order valence-electron chi connectivity index (χ0n) is 19.4. The summed E-state index contributed by atoms with van der Waals surface area (Å²) in [6.07, 6.45) is 1.22. The molecular formula is C23H31N3O7. The summed E-state index contributed by atoms with van der Waals surface area (Å²) in [5.41, 5.74) is 0.541. The molecule has 1 aliphatic rings. The highest BCUT2D eigenvalue weighted by molar-refractivity contribution is 5.92. The van der Waals surface area contributed by atoms with Gasteiger partial charge in [0.15, 0.2) is 17.1 Å². The first-order valence-corrected chi connectivity index (χ1v) is 10.9. The number of carboxylic acids is 1. The topological polar surface area (TPSA) is 143 Å². The lowest BCUT2D eigenvalue weighted by atomic mass is 9.76. The van der Waals surface area contributed by atoms with Crippen molar-refractivity contribution in [3.05, 3.63) is 33.1 Å². The summed E-state index contributed by atoms with van der Waals surface area (Å²) in [5, 5.41) is 23.4. The highest BCUT2D eigenvalue weighted by atomic mass is 16.5. The number of nitrogens with zero attached hydrogens (tertiary/aromatic N) is 1. The number of hydrogen-bond acceptors (Lipinski definition) is 8. The number of methoxy groups -OCH3 is 2. The molecule has 1 unspecified atom stereocenters. The second-order valence-corrected chi connectivity index (χ2v) is 8.28. The van der Waals surface area contributed by atoms with E-state index in [9.17, 15) is 19.8 Å². The van der Waals surface area contributed by atoms with Crippen LogP contribution < -0.4 is 15.6 Å². The van der Waals surface area contributed by atoms with E-state index in [-0.39, 0.29) is 11.8 Å². The van der Waals surface area contributed by atoms with Gasteiger partial charge in [0.1, 0.15) is 5.75 Å². The number of aromatic nitrogens is 2. The van der Waals surface area contributed by atoms with Crippen LogP contribution in [0.25, 0.3) is 11.4 Å². The Morgan fingerprint density at radius 1 is 1.27 bits per heavy atom. The molecule has 4 N–H and O–H groups in total. The van der Waals surface area contributed by atoms with Crippen LogP contribution in [0.3, 0.4) is 0 Å². The van der Waals surface area contributed by atoms with Crippen molar-refractivity contribution in [2.24, 2.45) is 5.92 Å². The summed E-state index contributed by atoms with van der Waals surface area (Å²) in [4.78, 5) is 31.5. The van der Waals surface area contributed by atoms with Crippen LogP contribution in [0, 0.1) is 5.92 Å². The van der Waals surface area contributed by atoms with Gasteiger partial charge in [-0.25, -0.2) is 9.78 Å². The summed E-state index contributed by atoms with van der Waals surface area (Å²) in [6.45, 7) is 5.92. The molecule has 0 aliphatic heterocycles. The standard InChI is InChI=1S/C23H31N3O7/c1-12(2)14-10-13-11-15(33-8-5-7-31-3)21(24-6-9-32-4)25-18(13)19-16(14)20(27)17(23(29)30)22(28)26-19/h11-12,14H,5-10H2,1-4H3,(H,24,25)(H,29,30)(H2,26,27,28). The van der Waals surface area contributed by atoms with Gasteiger partial charge in [0, 0.05) is 39.4 Å². The summed E-state index contributed by atoms with van der Waals surface area (Å²) in [7, 11) is 3.23. The monoisotopic (exact) mass is 461 g/mol. The minimum absolute atomic E-state index is 0.0703. The lowest BCUT2D eigenvalue weighted by molar-refractivity contribution is 0.0691. The fourth-order valence-corrected chi connectivity index (χ4v) is 4.06. The van der Waals surface area contributed by atoms with Gasteiger partial charge in [-0.05, 0) is 29.9 Å². The molecule has 2 heterocycles. The number of aromatic carboxylic acids is 1. The van der Waals surface area contributed by atoms with E-state index < -0.39 is 22.8 Å². The van der Waals surface area contributed by atoms with Crippen molar-refractivity contribution in [3.63, 3.8) is 0 Å². The molecule has 10 heteroatoms. The smallest absolute Gasteiger partial charge is 0.345 e. The van der Waals surface area contributed by atoms with E-state index >= 15 is 0 Å². The number of ether oxygens (including phenoxy) is 3. The summed E-state index contributed by atoms with van der Waals surface area (Å²) >= 11 is 0. The van der Waals surface area contributed by atoms with E-state index in [1.165, 1.54) is 0 Å². The molecule has 0 fully saturated rings. The van der Waals surface area contributed by atoms with Gasteiger partial charge < -0.3 is 34.7 Å².